The Bertz CT molecular complexity index is 658. The predicted octanol–water partition coefficient (Wildman–Crippen LogP) is 3.68. The molecule has 1 amide bonds. The summed E-state index contributed by atoms with van der Waals surface area (Å²) >= 11 is 6.43. The number of amides is 1. The molecular weight excluding hydrogens is 388 g/mol. The smallest absolute Gasteiger partial charge is 0.275 e. The number of hydrazone groups is 1. The molecule has 0 aliphatic rings. The molecule has 20 heavy (non-hydrogen) atoms. The number of aromatic hydroxyl groups is 1. The number of hydrogen-bond donors (Lipinski definition) is 2. The van der Waals surface area contributed by atoms with Crippen LogP contribution in [0, 0.1) is 0 Å². The van der Waals surface area contributed by atoms with E-state index in [0.717, 1.165) is 5.56 Å². The van der Waals surface area contributed by atoms with Gasteiger partial charge in [0.25, 0.3) is 5.91 Å². The largest absolute Gasteiger partial charge is 0.506 e. The molecule has 0 saturated carbocycles. The Balaban J connectivity index is 2.11. The third kappa shape index (κ3) is 3.68. The van der Waals surface area contributed by atoms with Crippen LogP contribution in [0.4, 0.5) is 0 Å². The summed E-state index contributed by atoms with van der Waals surface area (Å²) in [5.74, 6) is -0.614. The molecule has 2 rings (SSSR count). The molecule has 0 bridgehead atoms. The molecule has 102 valence electrons. The molecule has 4 nitrogen and oxygen atoms in total. The first-order valence-electron chi connectivity index (χ1n) is 5.64. The minimum Gasteiger partial charge on any atom is -0.506 e. The van der Waals surface area contributed by atoms with Gasteiger partial charge in [-0.1, -0.05) is 46.3 Å². The second-order valence-electron chi connectivity index (χ2n) is 3.89. The van der Waals surface area contributed by atoms with Crippen LogP contribution in [0.25, 0.3) is 0 Å². The summed E-state index contributed by atoms with van der Waals surface area (Å²) in [6, 6.07) is 12.5. The molecule has 0 atom stereocenters. The lowest BCUT2D eigenvalue weighted by molar-refractivity contribution is 0.0952. The maximum Gasteiger partial charge on any atom is 0.275 e. The quantitative estimate of drug-likeness (QED) is 0.612. The normalized spacial score (nSPS) is 10.7. The highest BCUT2D eigenvalue weighted by Crippen LogP contribution is 2.31. The van der Waals surface area contributed by atoms with Gasteiger partial charge in [0.2, 0.25) is 0 Å². The van der Waals surface area contributed by atoms with E-state index >= 15 is 0 Å². The Kier molecular flexibility index (Phi) is 4.92. The van der Waals surface area contributed by atoms with Gasteiger partial charge in [-0.2, -0.15) is 5.10 Å². The molecule has 2 N–H and O–H groups in total. The van der Waals surface area contributed by atoms with Gasteiger partial charge >= 0.3 is 0 Å². The predicted molar refractivity (Wildman–Crippen MR) is 85.0 cm³/mol. The van der Waals surface area contributed by atoms with E-state index in [9.17, 15) is 9.90 Å². The van der Waals surface area contributed by atoms with Crippen LogP contribution in [0.1, 0.15) is 15.9 Å². The highest BCUT2D eigenvalue weighted by atomic mass is 79.9. The number of halogens is 2. The van der Waals surface area contributed by atoms with Crippen molar-refractivity contribution in [2.45, 2.75) is 0 Å². The summed E-state index contributed by atoms with van der Waals surface area (Å²) in [5, 5.41) is 13.7. The van der Waals surface area contributed by atoms with Crippen molar-refractivity contribution in [1.29, 1.82) is 0 Å². The van der Waals surface area contributed by atoms with Crippen LogP contribution in [-0.4, -0.2) is 17.2 Å². The molecule has 0 aromatic heterocycles. The summed E-state index contributed by atoms with van der Waals surface area (Å²) in [7, 11) is 0. The van der Waals surface area contributed by atoms with Gasteiger partial charge in [0.1, 0.15) is 5.75 Å². The fourth-order valence-corrected chi connectivity index (χ4v) is 2.73. The van der Waals surface area contributed by atoms with Crippen molar-refractivity contribution >= 4 is 44.0 Å². The monoisotopic (exact) mass is 396 g/mol. The fraction of sp³-hybridized carbons (Fsp3) is 0. The van der Waals surface area contributed by atoms with Crippen LogP contribution in [0.3, 0.4) is 0 Å². The lowest BCUT2D eigenvalue weighted by Gasteiger charge is -2.05. The number of carbonyl (C=O) groups is 1. The van der Waals surface area contributed by atoms with Crippen LogP contribution >= 0.6 is 31.9 Å². The summed E-state index contributed by atoms with van der Waals surface area (Å²) in [6.07, 6.45) is 1.53. The van der Waals surface area contributed by atoms with E-state index in [4.69, 9.17) is 0 Å². The Hall–Kier alpha value is -1.66. The second-order valence-corrected chi connectivity index (χ2v) is 5.66. The summed E-state index contributed by atoms with van der Waals surface area (Å²) in [4.78, 5) is 11.9. The molecule has 0 radical (unpaired) electrons. The van der Waals surface area contributed by atoms with Gasteiger partial charge in [-0.05, 0) is 33.6 Å². The molecular formula is C14H10Br2N2O2. The van der Waals surface area contributed by atoms with Crippen molar-refractivity contribution < 1.29 is 9.90 Å². The molecule has 0 unspecified atom stereocenters. The molecule has 0 heterocycles. The fourth-order valence-electron chi connectivity index (χ4n) is 1.50. The van der Waals surface area contributed by atoms with Crippen LogP contribution in [0.2, 0.25) is 0 Å². The Morgan fingerprint density at radius 1 is 1.20 bits per heavy atom. The molecule has 0 saturated heterocycles. The van der Waals surface area contributed by atoms with Crippen LogP contribution in [0.15, 0.2) is 56.5 Å². The maximum absolute atomic E-state index is 11.9. The van der Waals surface area contributed by atoms with Crippen molar-refractivity contribution in [1.82, 2.24) is 5.43 Å². The highest BCUT2D eigenvalue weighted by Gasteiger charge is 2.14. The number of nitrogens with zero attached hydrogens (tertiary/aromatic N) is 1. The standard InChI is InChI=1S/C14H10Br2N2O2/c15-10-6-11(13(19)12(16)7-10)14(20)18-17-8-9-4-2-1-3-5-9/h1-8,19H,(H,18,20)/b17-8+. The van der Waals surface area contributed by atoms with Crippen LogP contribution in [0.5, 0.6) is 5.75 Å². The molecule has 0 fully saturated rings. The van der Waals surface area contributed by atoms with Gasteiger partial charge in [-0.15, -0.1) is 0 Å². The number of hydrogen-bond acceptors (Lipinski definition) is 3. The van der Waals surface area contributed by atoms with Crippen molar-refractivity contribution in [3.63, 3.8) is 0 Å². The highest BCUT2D eigenvalue weighted by molar-refractivity contribution is 9.11. The van der Waals surface area contributed by atoms with Gasteiger partial charge in [0.05, 0.1) is 16.3 Å². The number of phenols is 1. The lowest BCUT2D eigenvalue weighted by atomic mass is 10.2. The first-order valence-corrected chi connectivity index (χ1v) is 7.23. The van der Waals surface area contributed by atoms with Crippen LogP contribution in [-0.2, 0) is 0 Å². The summed E-state index contributed by atoms with van der Waals surface area (Å²) in [6.45, 7) is 0. The first-order chi connectivity index (χ1) is 9.58. The molecule has 0 aliphatic heterocycles. The summed E-state index contributed by atoms with van der Waals surface area (Å²) in [5.41, 5.74) is 3.38. The summed E-state index contributed by atoms with van der Waals surface area (Å²) < 4.78 is 1.11. The van der Waals surface area contributed by atoms with Gasteiger partial charge in [0.15, 0.2) is 0 Å². The van der Waals surface area contributed by atoms with E-state index in [1.807, 2.05) is 30.3 Å². The Morgan fingerprint density at radius 2 is 1.90 bits per heavy atom. The first kappa shape index (κ1) is 14.7. The molecule has 2 aromatic carbocycles. The van der Waals surface area contributed by atoms with Crippen molar-refractivity contribution in [2.75, 3.05) is 0 Å². The van der Waals surface area contributed by atoms with Gasteiger partial charge in [-0.3, -0.25) is 4.79 Å². The minimum atomic E-state index is -0.489. The lowest BCUT2D eigenvalue weighted by Crippen LogP contribution is -2.17. The number of carbonyl (C=O) groups excluding carboxylic acids is 1. The van der Waals surface area contributed by atoms with E-state index in [1.54, 1.807) is 6.07 Å². The third-order valence-electron chi connectivity index (χ3n) is 2.45. The zero-order chi connectivity index (χ0) is 14.5. The SMILES string of the molecule is O=C(N/N=C/c1ccccc1)c1cc(Br)cc(Br)c1O. The van der Waals surface area contributed by atoms with Crippen LogP contribution < -0.4 is 5.43 Å². The Labute approximate surface area is 132 Å². The zero-order valence-electron chi connectivity index (χ0n) is 10.2. The van der Waals surface area contributed by atoms with Crippen molar-refractivity contribution in [3.8, 4) is 5.75 Å². The molecule has 0 spiro atoms. The molecule has 2 aromatic rings. The van der Waals surface area contributed by atoms with E-state index < -0.39 is 5.91 Å². The topological polar surface area (TPSA) is 61.7 Å². The second kappa shape index (κ2) is 6.67. The molecule has 6 heteroatoms. The van der Waals surface area contributed by atoms with Crippen molar-refractivity contribution in [2.24, 2.45) is 5.10 Å². The van der Waals surface area contributed by atoms with Gasteiger partial charge < -0.3 is 5.11 Å². The number of nitrogens with one attached hydrogen (secondary N) is 1. The van der Waals surface area contributed by atoms with Crippen molar-refractivity contribution in [3.05, 3.63) is 62.5 Å². The van der Waals surface area contributed by atoms with Gasteiger partial charge in [-0.25, -0.2) is 5.43 Å². The third-order valence-corrected chi connectivity index (χ3v) is 3.51. The minimum absolute atomic E-state index is 0.124. The maximum atomic E-state index is 11.9. The molecule has 0 aliphatic carbocycles. The zero-order valence-corrected chi connectivity index (χ0v) is 13.3. The van der Waals surface area contributed by atoms with E-state index in [1.165, 1.54) is 12.3 Å². The Morgan fingerprint density at radius 3 is 2.60 bits per heavy atom. The van der Waals surface area contributed by atoms with E-state index in [-0.39, 0.29) is 11.3 Å². The van der Waals surface area contributed by atoms with E-state index in [0.29, 0.717) is 8.95 Å². The number of rotatable bonds is 3. The van der Waals surface area contributed by atoms with Gasteiger partial charge in [0, 0.05) is 4.47 Å². The number of benzene rings is 2. The average Bonchev–Trinajstić information content (AvgIpc) is 2.44. The average molecular weight is 398 g/mol. The number of phenolic OH excluding ortho intramolecular Hbond substituents is 1. The van der Waals surface area contributed by atoms with E-state index in [2.05, 4.69) is 42.4 Å².